The number of esters is 1. The van der Waals surface area contributed by atoms with Crippen LogP contribution in [-0.4, -0.2) is 36.4 Å². The van der Waals surface area contributed by atoms with Crippen LogP contribution >= 0.6 is 11.6 Å². The van der Waals surface area contributed by atoms with E-state index in [2.05, 4.69) is 4.74 Å². The number of aliphatic carboxylic acids is 1. The predicted octanol–water partition coefficient (Wildman–Crippen LogP) is 4.98. The van der Waals surface area contributed by atoms with Crippen LogP contribution in [0.2, 0.25) is 5.02 Å². The highest BCUT2D eigenvalue weighted by molar-refractivity contribution is 6.31. The molecule has 9 heteroatoms. The maximum atomic E-state index is 13.4. The van der Waals surface area contributed by atoms with Gasteiger partial charge in [0.25, 0.3) is 0 Å². The van der Waals surface area contributed by atoms with Gasteiger partial charge in [-0.1, -0.05) is 35.9 Å². The Kier molecular flexibility index (Phi) is 5.89. The summed E-state index contributed by atoms with van der Waals surface area (Å²) in [7, 11) is 1.25. The van der Waals surface area contributed by atoms with Crippen molar-refractivity contribution in [2.24, 2.45) is 0 Å². The Morgan fingerprint density at radius 1 is 1.20 bits per heavy atom. The second-order valence-electron chi connectivity index (χ2n) is 6.29. The third-order valence-electron chi connectivity index (χ3n) is 4.29. The van der Waals surface area contributed by atoms with Gasteiger partial charge in [-0.25, -0.2) is 9.59 Å². The zero-order valence-corrected chi connectivity index (χ0v) is 16.1. The van der Waals surface area contributed by atoms with Gasteiger partial charge in [-0.2, -0.15) is 13.2 Å². The third kappa shape index (κ3) is 4.49. The number of carbonyl (C=O) groups is 2. The van der Waals surface area contributed by atoms with Gasteiger partial charge in [-0.05, 0) is 35.4 Å². The summed E-state index contributed by atoms with van der Waals surface area (Å²) in [5, 5.41) is 9.37. The van der Waals surface area contributed by atoms with Gasteiger partial charge < -0.3 is 14.6 Å². The molecule has 0 spiro atoms. The number of benzene rings is 2. The maximum absolute atomic E-state index is 13.4. The minimum Gasteiger partial charge on any atom is -0.478 e. The Morgan fingerprint density at radius 2 is 1.87 bits per heavy atom. The number of carbonyl (C=O) groups excluding carboxylic acids is 1. The molecule has 30 heavy (non-hydrogen) atoms. The minimum absolute atomic E-state index is 0.121. The maximum Gasteiger partial charge on any atom is 0.430 e. The van der Waals surface area contributed by atoms with E-state index in [0.717, 1.165) is 6.08 Å². The molecule has 156 valence electrons. The Bertz CT molecular complexity index is 1060. The fraction of sp³-hybridized carbons (Fsp3) is 0.143. The van der Waals surface area contributed by atoms with Crippen molar-refractivity contribution in [2.45, 2.75) is 12.3 Å². The van der Waals surface area contributed by atoms with E-state index in [0.29, 0.717) is 11.1 Å². The molecule has 0 bridgehead atoms. The number of halogens is 4. The van der Waals surface area contributed by atoms with Crippen molar-refractivity contribution in [3.8, 4) is 16.9 Å². The number of hydrogen-bond acceptors (Lipinski definition) is 4. The van der Waals surface area contributed by atoms with E-state index in [4.69, 9.17) is 16.3 Å². The van der Waals surface area contributed by atoms with Gasteiger partial charge in [0.05, 0.1) is 12.7 Å². The average molecular weight is 439 g/mol. The number of fused-ring (bicyclic) bond motifs is 1. The van der Waals surface area contributed by atoms with E-state index >= 15 is 0 Å². The standard InChI is InChI=1S/C21H14ClF3O5/c1-29-17(26)7-4-11-2-5-12(6-3-11)15-10-14(22)8-13-9-16(20(27)28)19(21(23,24)25)30-18(13)15/h2-10,19H,1H3,(H,27,28)/b7-4+. The molecule has 1 aliphatic rings. The van der Waals surface area contributed by atoms with Crippen molar-refractivity contribution < 1.29 is 37.3 Å². The monoisotopic (exact) mass is 438 g/mol. The van der Waals surface area contributed by atoms with Crippen LogP contribution in [0.1, 0.15) is 11.1 Å². The number of rotatable bonds is 4. The van der Waals surface area contributed by atoms with Crippen molar-refractivity contribution in [3.63, 3.8) is 0 Å². The van der Waals surface area contributed by atoms with Crippen molar-refractivity contribution in [2.75, 3.05) is 7.11 Å². The zero-order valence-electron chi connectivity index (χ0n) is 15.4. The first-order valence-corrected chi connectivity index (χ1v) is 8.86. The second-order valence-corrected chi connectivity index (χ2v) is 6.73. The summed E-state index contributed by atoms with van der Waals surface area (Å²) in [6.45, 7) is 0. The van der Waals surface area contributed by atoms with Crippen LogP contribution in [0.5, 0.6) is 5.75 Å². The Balaban J connectivity index is 2.06. The Hall–Kier alpha value is -3.26. The number of carboxylic acid groups (broad SMARTS) is 1. The quantitative estimate of drug-likeness (QED) is 0.538. The molecule has 3 rings (SSSR count). The molecule has 2 aromatic carbocycles. The number of alkyl halides is 3. The molecular weight excluding hydrogens is 425 g/mol. The molecule has 0 fully saturated rings. The van der Waals surface area contributed by atoms with Gasteiger partial charge in [0.15, 0.2) is 0 Å². The summed E-state index contributed by atoms with van der Waals surface area (Å²) < 4.78 is 49.8. The lowest BCUT2D eigenvalue weighted by atomic mass is 9.95. The summed E-state index contributed by atoms with van der Waals surface area (Å²) in [6, 6.07) is 9.29. The van der Waals surface area contributed by atoms with Crippen LogP contribution in [0.4, 0.5) is 13.2 Å². The molecule has 0 aromatic heterocycles. The number of carboxylic acids is 1. The van der Waals surface area contributed by atoms with Crippen molar-refractivity contribution in [3.05, 3.63) is 64.2 Å². The summed E-state index contributed by atoms with van der Waals surface area (Å²) in [6.07, 6.45) is -3.86. The fourth-order valence-electron chi connectivity index (χ4n) is 2.92. The molecule has 1 N–H and O–H groups in total. The molecule has 0 saturated heterocycles. The highest BCUT2D eigenvalue weighted by atomic mass is 35.5. The van der Waals surface area contributed by atoms with Crippen LogP contribution in [0.25, 0.3) is 23.3 Å². The molecule has 1 atom stereocenters. The molecule has 0 radical (unpaired) electrons. The lowest BCUT2D eigenvalue weighted by Gasteiger charge is -2.28. The third-order valence-corrected chi connectivity index (χ3v) is 4.51. The van der Waals surface area contributed by atoms with Gasteiger partial charge in [0.2, 0.25) is 6.10 Å². The normalized spacial score (nSPS) is 15.9. The smallest absolute Gasteiger partial charge is 0.430 e. The van der Waals surface area contributed by atoms with E-state index in [9.17, 15) is 27.9 Å². The number of ether oxygens (including phenoxy) is 2. The first kappa shape index (κ1) is 21.4. The van der Waals surface area contributed by atoms with Gasteiger partial charge in [-0.15, -0.1) is 0 Å². The lowest BCUT2D eigenvalue weighted by Crippen LogP contribution is -2.40. The molecule has 0 amide bonds. The highest BCUT2D eigenvalue weighted by Gasteiger charge is 2.48. The van der Waals surface area contributed by atoms with Gasteiger partial charge in [0, 0.05) is 22.2 Å². The summed E-state index contributed by atoms with van der Waals surface area (Å²) in [5.41, 5.74) is 0.631. The first-order valence-electron chi connectivity index (χ1n) is 8.48. The molecule has 1 unspecified atom stereocenters. The lowest BCUT2D eigenvalue weighted by molar-refractivity contribution is -0.187. The van der Waals surface area contributed by atoms with E-state index < -0.39 is 29.8 Å². The molecule has 1 heterocycles. The molecule has 1 aliphatic heterocycles. The summed E-state index contributed by atoms with van der Waals surface area (Å²) in [5.74, 6) is -2.38. The van der Waals surface area contributed by atoms with Crippen LogP contribution < -0.4 is 4.74 Å². The average Bonchev–Trinajstić information content (AvgIpc) is 2.70. The largest absolute Gasteiger partial charge is 0.478 e. The fourth-order valence-corrected chi connectivity index (χ4v) is 3.14. The molecule has 2 aromatic rings. The first-order chi connectivity index (χ1) is 14.1. The van der Waals surface area contributed by atoms with Crippen molar-refractivity contribution in [1.29, 1.82) is 0 Å². The molecule has 0 aliphatic carbocycles. The minimum atomic E-state index is -4.92. The van der Waals surface area contributed by atoms with Crippen molar-refractivity contribution >= 4 is 35.7 Å². The van der Waals surface area contributed by atoms with E-state index in [1.807, 2.05) is 0 Å². The van der Waals surface area contributed by atoms with Crippen LogP contribution in [0, 0.1) is 0 Å². The topological polar surface area (TPSA) is 72.8 Å². The summed E-state index contributed by atoms with van der Waals surface area (Å²) >= 11 is 6.10. The number of methoxy groups -OCH3 is 1. The van der Waals surface area contributed by atoms with Crippen molar-refractivity contribution in [1.82, 2.24) is 0 Å². The van der Waals surface area contributed by atoms with Crippen LogP contribution in [-0.2, 0) is 14.3 Å². The van der Waals surface area contributed by atoms with Gasteiger partial charge in [-0.3, -0.25) is 0 Å². The SMILES string of the molecule is COC(=O)/C=C/c1ccc(-c2cc(Cl)cc3c2OC(C(F)(F)F)C(C(=O)O)=C3)cc1. The van der Waals surface area contributed by atoms with E-state index in [-0.39, 0.29) is 21.9 Å². The van der Waals surface area contributed by atoms with Gasteiger partial charge in [0.1, 0.15) is 5.75 Å². The Labute approximate surface area is 174 Å². The predicted molar refractivity (Wildman–Crippen MR) is 104 cm³/mol. The molecular formula is C21H14ClF3O5. The second kappa shape index (κ2) is 8.23. The highest BCUT2D eigenvalue weighted by Crippen LogP contribution is 2.44. The van der Waals surface area contributed by atoms with Gasteiger partial charge >= 0.3 is 18.1 Å². The van der Waals surface area contributed by atoms with Crippen LogP contribution in [0.3, 0.4) is 0 Å². The molecule has 5 nitrogen and oxygen atoms in total. The summed E-state index contributed by atoms with van der Waals surface area (Å²) in [4.78, 5) is 22.5. The molecule has 0 saturated carbocycles. The van der Waals surface area contributed by atoms with Crippen LogP contribution in [0.15, 0.2) is 48.0 Å². The Morgan fingerprint density at radius 3 is 2.43 bits per heavy atom. The number of hydrogen-bond donors (Lipinski definition) is 1. The van der Waals surface area contributed by atoms with E-state index in [1.165, 1.54) is 31.4 Å². The zero-order chi connectivity index (χ0) is 22.1. The van der Waals surface area contributed by atoms with E-state index in [1.54, 1.807) is 24.3 Å².